The van der Waals surface area contributed by atoms with Crippen LogP contribution in [0.4, 0.5) is 4.39 Å². The van der Waals surface area contributed by atoms with Crippen LogP contribution in [0.2, 0.25) is 0 Å². The second-order valence-corrected chi connectivity index (χ2v) is 10.8. The zero-order valence-corrected chi connectivity index (χ0v) is 24.7. The van der Waals surface area contributed by atoms with E-state index in [0.29, 0.717) is 45.9 Å². The summed E-state index contributed by atoms with van der Waals surface area (Å²) < 4.78 is 31.4. The van der Waals surface area contributed by atoms with Crippen molar-refractivity contribution in [2.75, 3.05) is 40.9 Å². The number of carbonyl (C=O) groups excluding carboxylic acids is 1. The summed E-state index contributed by atoms with van der Waals surface area (Å²) in [7, 11) is 5.28. The van der Waals surface area contributed by atoms with Gasteiger partial charge in [0.25, 0.3) is 5.91 Å². The van der Waals surface area contributed by atoms with E-state index < -0.39 is 0 Å². The predicted molar refractivity (Wildman–Crippen MR) is 166 cm³/mol. The van der Waals surface area contributed by atoms with E-state index >= 15 is 0 Å². The van der Waals surface area contributed by atoms with Gasteiger partial charge in [0.1, 0.15) is 34.9 Å². The van der Waals surface area contributed by atoms with E-state index in [0.717, 1.165) is 37.1 Å². The highest BCUT2D eigenvalue weighted by Gasteiger charge is 2.21. The third kappa shape index (κ3) is 7.27. The maximum absolute atomic E-state index is 14.2. The summed E-state index contributed by atoms with van der Waals surface area (Å²) >= 11 is 0. The average molecular weight is 585 g/mol. The monoisotopic (exact) mass is 584 g/mol. The fourth-order valence-corrected chi connectivity index (χ4v) is 5.44. The van der Waals surface area contributed by atoms with Gasteiger partial charge in [0.05, 0.1) is 14.2 Å². The molecule has 1 amide bonds. The minimum absolute atomic E-state index is 0.0451. The van der Waals surface area contributed by atoms with Crippen molar-refractivity contribution in [3.8, 4) is 45.3 Å². The molecule has 0 atom stereocenters. The molecule has 1 aliphatic rings. The average Bonchev–Trinajstić information content (AvgIpc) is 3.02. The largest absolute Gasteiger partial charge is 0.508 e. The number of phenolic OH excluding ortho intramolecular Hbond substituents is 1. The van der Waals surface area contributed by atoms with Gasteiger partial charge in [-0.25, -0.2) is 4.39 Å². The molecule has 1 fully saturated rings. The minimum atomic E-state index is -0.371. The van der Waals surface area contributed by atoms with E-state index in [4.69, 9.17) is 14.2 Å². The molecule has 43 heavy (non-hydrogen) atoms. The summed E-state index contributed by atoms with van der Waals surface area (Å²) in [4.78, 5) is 15.5. The molecule has 224 valence electrons. The molecule has 4 aromatic rings. The molecule has 1 aliphatic heterocycles. The fourth-order valence-electron chi connectivity index (χ4n) is 5.44. The molecule has 0 unspecified atom stereocenters. The molecule has 0 saturated carbocycles. The lowest BCUT2D eigenvalue weighted by Crippen LogP contribution is -2.35. The quantitative estimate of drug-likeness (QED) is 0.227. The molecule has 5 rings (SSSR count). The Morgan fingerprint density at radius 2 is 1.65 bits per heavy atom. The van der Waals surface area contributed by atoms with E-state index in [1.165, 1.54) is 12.1 Å². The summed E-state index contributed by atoms with van der Waals surface area (Å²) in [6, 6.07) is 22.5. The number of rotatable bonds is 10. The van der Waals surface area contributed by atoms with Gasteiger partial charge in [0.2, 0.25) is 0 Å². The van der Waals surface area contributed by atoms with Gasteiger partial charge in [0, 0.05) is 42.4 Å². The highest BCUT2D eigenvalue weighted by atomic mass is 19.1. The highest BCUT2D eigenvalue weighted by Crippen LogP contribution is 2.37. The van der Waals surface area contributed by atoms with Gasteiger partial charge >= 0.3 is 0 Å². The number of halogens is 1. The first-order valence-corrected chi connectivity index (χ1v) is 14.4. The van der Waals surface area contributed by atoms with Crippen LogP contribution in [0, 0.1) is 5.82 Å². The number of aromatic hydroxyl groups is 1. The Labute approximate surface area is 251 Å². The van der Waals surface area contributed by atoms with Crippen molar-refractivity contribution in [1.82, 2.24) is 10.2 Å². The number of hydrogen-bond donors (Lipinski definition) is 2. The number of methoxy groups -OCH3 is 2. The molecule has 1 saturated heterocycles. The van der Waals surface area contributed by atoms with Crippen molar-refractivity contribution >= 4 is 5.91 Å². The third-order valence-electron chi connectivity index (χ3n) is 7.81. The van der Waals surface area contributed by atoms with Gasteiger partial charge < -0.3 is 29.5 Å². The summed E-state index contributed by atoms with van der Waals surface area (Å²) in [5, 5.41) is 14.1. The number of phenols is 1. The number of nitrogens with zero attached hydrogens (tertiary/aromatic N) is 1. The van der Waals surface area contributed by atoms with Crippen molar-refractivity contribution in [3.05, 3.63) is 95.8 Å². The van der Waals surface area contributed by atoms with Crippen LogP contribution in [0.1, 0.15) is 28.8 Å². The predicted octanol–water partition coefficient (Wildman–Crippen LogP) is 6.33. The maximum Gasteiger partial charge on any atom is 0.251 e. The fraction of sp³-hybridized carbons (Fsp3) is 0.286. The Hall–Kier alpha value is -4.56. The highest BCUT2D eigenvalue weighted by molar-refractivity contribution is 5.96. The van der Waals surface area contributed by atoms with E-state index in [1.807, 2.05) is 30.3 Å². The van der Waals surface area contributed by atoms with Crippen LogP contribution in [0.25, 0.3) is 22.3 Å². The van der Waals surface area contributed by atoms with Crippen LogP contribution in [0.5, 0.6) is 23.0 Å². The van der Waals surface area contributed by atoms with Crippen LogP contribution < -0.4 is 19.5 Å². The van der Waals surface area contributed by atoms with Gasteiger partial charge in [-0.05, 0) is 91.5 Å². The van der Waals surface area contributed by atoms with Crippen molar-refractivity contribution in [3.63, 3.8) is 0 Å². The number of hydrogen-bond acceptors (Lipinski definition) is 6. The summed E-state index contributed by atoms with van der Waals surface area (Å²) in [5.74, 6) is 1.29. The normalized spacial score (nSPS) is 13.9. The summed E-state index contributed by atoms with van der Waals surface area (Å²) in [6.07, 6.45) is 2.17. The van der Waals surface area contributed by atoms with Crippen LogP contribution >= 0.6 is 0 Å². The first kappa shape index (κ1) is 29.9. The van der Waals surface area contributed by atoms with Gasteiger partial charge in [-0.2, -0.15) is 0 Å². The van der Waals surface area contributed by atoms with Crippen molar-refractivity contribution < 1.29 is 28.5 Å². The summed E-state index contributed by atoms with van der Waals surface area (Å²) in [6.45, 7) is 2.14. The van der Waals surface area contributed by atoms with E-state index in [-0.39, 0.29) is 30.1 Å². The van der Waals surface area contributed by atoms with Gasteiger partial charge in [-0.15, -0.1) is 0 Å². The molecule has 7 nitrogen and oxygen atoms in total. The molecule has 1 heterocycles. The van der Waals surface area contributed by atoms with Gasteiger partial charge in [0.15, 0.2) is 0 Å². The number of piperidine rings is 1. The smallest absolute Gasteiger partial charge is 0.251 e. The molecular formula is C35H37FN2O5. The zero-order chi connectivity index (χ0) is 30.3. The van der Waals surface area contributed by atoms with Gasteiger partial charge in [-0.3, -0.25) is 4.79 Å². The lowest BCUT2D eigenvalue weighted by molar-refractivity contribution is 0.0954. The number of ether oxygens (including phenoxy) is 3. The Balaban J connectivity index is 1.35. The van der Waals surface area contributed by atoms with Crippen molar-refractivity contribution in [2.45, 2.75) is 25.4 Å². The van der Waals surface area contributed by atoms with Gasteiger partial charge in [-0.1, -0.05) is 24.3 Å². The number of benzene rings is 4. The van der Waals surface area contributed by atoms with Crippen molar-refractivity contribution in [1.29, 1.82) is 0 Å². The molecule has 4 aromatic carbocycles. The molecular weight excluding hydrogens is 547 g/mol. The van der Waals surface area contributed by atoms with E-state index in [2.05, 4.69) is 17.3 Å². The van der Waals surface area contributed by atoms with Crippen LogP contribution in [0.3, 0.4) is 0 Å². The first-order valence-electron chi connectivity index (χ1n) is 14.4. The lowest BCUT2D eigenvalue weighted by Gasteiger charge is -2.29. The van der Waals surface area contributed by atoms with Crippen LogP contribution in [0.15, 0.2) is 78.9 Å². The molecule has 8 heteroatoms. The third-order valence-corrected chi connectivity index (χ3v) is 7.81. The SMILES string of the molecule is COc1cccc(-c2cc(C(=O)NCCc3c(O)cc(OC4CCN(C)CC4)cc3-c3cccc(F)c3)ccc2OC)c1. The number of carbonyl (C=O) groups is 1. The number of nitrogens with one attached hydrogen (secondary N) is 1. The molecule has 0 bridgehead atoms. The molecule has 0 aliphatic carbocycles. The molecule has 0 radical (unpaired) electrons. The lowest BCUT2D eigenvalue weighted by atomic mass is 9.96. The Morgan fingerprint density at radius 1 is 0.907 bits per heavy atom. The Morgan fingerprint density at radius 3 is 2.37 bits per heavy atom. The second-order valence-electron chi connectivity index (χ2n) is 10.8. The second kappa shape index (κ2) is 13.6. The Bertz CT molecular complexity index is 1580. The minimum Gasteiger partial charge on any atom is -0.508 e. The van der Waals surface area contributed by atoms with E-state index in [1.54, 1.807) is 50.6 Å². The van der Waals surface area contributed by atoms with Crippen molar-refractivity contribution in [2.24, 2.45) is 0 Å². The van der Waals surface area contributed by atoms with Crippen LogP contribution in [-0.2, 0) is 6.42 Å². The van der Waals surface area contributed by atoms with E-state index in [9.17, 15) is 14.3 Å². The summed E-state index contributed by atoms with van der Waals surface area (Å²) in [5.41, 5.74) is 3.99. The number of likely N-dealkylation sites (tertiary alicyclic amines) is 1. The molecule has 0 spiro atoms. The standard InChI is InChI=1S/C35H37FN2O5/c1-38-16-13-27(14-17-38)43-29-21-31(23-6-4-8-26(36)18-23)30(33(39)22-29)12-15-37-35(40)25-10-11-34(42-3)32(20-25)24-7-5-9-28(19-24)41-2/h4-11,18-22,27,39H,12-17H2,1-3H3,(H,37,40). The molecule has 0 aromatic heterocycles. The number of amides is 1. The topological polar surface area (TPSA) is 80.3 Å². The van der Waals surface area contributed by atoms with Crippen LogP contribution in [-0.4, -0.2) is 62.9 Å². The maximum atomic E-state index is 14.2. The first-order chi connectivity index (χ1) is 20.8. The molecule has 2 N–H and O–H groups in total. The Kier molecular flexibility index (Phi) is 9.47. The zero-order valence-electron chi connectivity index (χ0n) is 24.7.